The quantitative estimate of drug-likeness (QED) is 0.128. The van der Waals surface area contributed by atoms with Crippen molar-refractivity contribution in [2.24, 2.45) is 5.41 Å². The maximum Gasteiger partial charge on any atom is 0.452 e. The summed E-state index contributed by atoms with van der Waals surface area (Å²) in [6, 6.07) is 9.94. The summed E-state index contributed by atoms with van der Waals surface area (Å²) in [6.45, 7) is 8.70. The number of alkyl halides is 3. The minimum atomic E-state index is -4.74. The molecule has 0 bridgehead atoms. The zero-order valence-electron chi connectivity index (χ0n) is 32.6. The third kappa shape index (κ3) is 8.74. The number of aryl methyl sites for hydroxylation is 2. The van der Waals surface area contributed by atoms with Crippen LogP contribution in [0, 0.1) is 19.3 Å². The average Bonchev–Trinajstić information content (AvgIpc) is 3.59. The molecular formula is C39H48F3N5O9S. The second-order valence-electron chi connectivity index (χ2n) is 15.0. The molecular weight excluding hydrogens is 772 g/mol. The molecule has 57 heavy (non-hydrogen) atoms. The van der Waals surface area contributed by atoms with Crippen LogP contribution in [0.5, 0.6) is 11.8 Å². The lowest BCUT2D eigenvalue weighted by Gasteiger charge is -2.38. The van der Waals surface area contributed by atoms with Gasteiger partial charge >= 0.3 is 12.1 Å². The number of benzene rings is 1. The number of halogens is 3. The minimum absolute atomic E-state index is 0.00136. The van der Waals surface area contributed by atoms with E-state index in [1.165, 1.54) is 35.8 Å². The molecule has 2 aliphatic heterocycles. The fraction of sp³-hybridized carbons (Fsp3) is 0.538. The van der Waals surface area contributed by atoms with Gasteiger partial charge in [0.2, 0.25) is 27.6 Å². The smallest absolute Gasteiger partial charge is 0.452 e. The van der Waals surface area contributed by atoms with Gasteiger partial charge in [-0.05, 0) is 74.1 Å². The summed E-state index contributed by atoms with van der Waals surface area (Å²) in [7, 11) is -2.94. The molecule has 0 saturated carbocycles. The van der Waals surface area contributed by atoms with Crippen molar-refractivity contribution >= 4 is 21.6 Å². The number of hydrogen-bond donors (Lipinski definition) is 1. The maximum absolute atomic E-state index is 14.6. The predicted octanol–water partition coefficient (Wildman–Crippen LogP) is 5.39. The van der Waals surface area contributed by atoms with Gasteiger partial charge in [-0.15, -0.1) is 10.2 Å². The van der Waals surface area contributed by atoms with Gasteiger partial charge in [-0.1, -0.05) is 18.2 Å². The first-order valence-corrected chi connectivity index (χ1v) is 20.1. The molecule has 14 nitrogen and oxygen atoms in total. The SMILES string of the molecule is COC(=O)C(C)(C)[C@@H](c1ccc(C)c(CN2CC3(CCOCC3)Oc3nc(OCCCOCCCO)ccc3S2(=O)=O)c1)c1ccn2c(C(F)(F)F)nnc2c1C. The number of methoxy groups -OCH3 is 1. The Hall–Kier alpha value is -4.36. The number of nitrogens with zero attached hydrogens (tertiary/aromatic N) is 5. The zero-order valence-corrected chi connectivity index (χ0v) is 33.4. The summed E-state index contributed by atoms with van der Waals surface area (Å²) in [5.41, 5.74) is 0.724. The number of hydrogen-bond acceptors (Lipinski definition) is 12. The van der Waals surface area contributed by atoms with E-state index in [4.69, 9.17) is 28.8 Å². The number of esters is 1. The molecule has 1 aromatic carbocycles. The van der Waals surface area contributed by atoms with E-state index in [-0.39, 0.29) is 48.6 Å². The Balaban J connectivity index is 1.37. The number of aromatic nitrogens is 4. The van der Waals surface area contributed by atoms with Crippen LogP contribution in [0.1, 0.15) is 79.1 Å². The van der Waals surface area contributed by atoms with Crippen LogP contribution in [0.25, 0.3) is 5.65 Å². The number of aliphatic hydroxyl groups excluding tert-OH is 1. The van der Waals surface area contributed by atoms with E-state index in [0.29, 0.717) is 74.4 Å². The molecule has 4 aromatic rings. The molecule has 1 spiro atoms. The summed E-state index contributed by atoms with van der Waals surface area (Å²) in [5, 5.41) is 16.2. The number of ether oxygens (including phenoxy) is 5. The van der Waals surface area contributed by atoms with Gasteiger partial charge in [0, 0.05) is 63.8 Å². The van der Waals surface area contributed by atoms with E-state index < -0.39 is 44.9 Å². The van der Waals surface area contributed by atoms with E-state index in [2.05, 4.69) is 15.2 Å². The molecule has 1 atom stereocenters. The first-order chi connectivity index (χ1) is 27.0. The van der Waals surface area contributed by atoms with E-state index in [0.717, 1.165) is 9.96 Å². The monoisotopic (exact) mass is 819 g/mol. The zero-order chi connectivity index (χ0) is 41.2. The number of carbonyl (C=O) groups excluding carboxylic acids is 1. The molecule has 1 saturated heterocycles. The van der Waals surface area contributed by atoms with Crippen molar-refractivity contribution in [1.29, 1.82) is 0 Å². The van der Waals surface area contributed by atoms with Crippen LogP contribution in [-0.4, -0.2) is 102 Å². The highest BCUT2D eigenvalue weighted by Gasteiger charge is 2.47. The van der Waals surface area contributed by atoms with E-state index >= 15 is 0 Å². The number of rotatable bonds is 14. The van der Waals surface area contributed by atoms with Crippen LogP contribution >= 0.6 is 0 Å². The molecule has 6 rings (SSSR count). The molecule has 1 N–H and O–H groups in total. The molecule has 0 aliphatic carbocycles. The third-order valence-corrected chi connectivity index (χ3v) is 12.5. The van der Waals surface area contributed by atoms with Crippen LogP contribution < -0.4 is 9.47 Å². The van der Waals surface area contributed by atoms with Gasteiger partial charge in [0.25, 0.3) is 0 Å². The summed E-state index contributed by atoms with van der Waals surface area (Å²) < 4.78 is 101. The fourth-order valence-electron chi connectivity index (χ4n) is 7.49. The van der Waals surface area contributed by atoms with Gasteiger partial charge in [-0.3, -0.25) is 9.20 Å². The molecule has 3 aromatic heterocycles. The van der Waals surface area contributed by atoms with E-state index in [1.807, 2.05) is 25.1 Å². The second-order valence-corrected chi connectivity index (χ2v) is 16.9. The van der Waals surface area contributed by atoms with Crippen molar-refractivity contribution in [3.05, 3.63) is 76.2 Å². The number of fused-ring (bicyclic) bond motifs is 2. The van der Waals surface area contributed by atoms with Crippen LogP contribution in [0.15, 0.2) is 47.5 Å². The Bertz CT molecular complexity index is 2190. The van der Waals surface area contributed by atoms with Crippen molar-refractivity contribution in [1.82, 2.24) is 23.9 Å². The third-order valence-electron chi connectivity index (χ3n) is 10.6. The van der Waals surface area contributed by atoms with Crippen LogP contribution in [0.3, 0.4) is 0 Å². The van der Waals surface area contributed by atoms with E-state index in [1.54, 1.807) is 20.8 Å². The van der Waals surface area contributed by atoms with Gasteiger partial charge in [-0.2, -0.15) is 22.5 Å². The van der Waals surface area contributed by atoms with Crippen LogP contribution in [0.4, 0.5) is 13.2 Å². The minimum Gasteiger partial charge on any atom is -0.477 e. The number of sulfonamides is 1. The highest BCUT2D eigenvalue weighted by molar-refractivity contribution is 7.89. The lowest BCUT2D eigenvalue weighted by atomic mass is 9.70. The van der Waals surface area contributed by atoms with Crippen LogP contribution in [0.2, 0.25) is 0 Å². The number of pyridine rings is 2. The maximum atomic E-state index is 14.6. The summed E-state index contributed by atoms with van der Waals surface area (Å²) in [6.07, 6.45) is -1.58. The molecule has 0 amide bonds. The first-order valence-electron chi connectivity index (χ1n) is 18.7. The average molecular weight is 820 g/mol. The second kappa shape index (κ2) is 16.9. The van der Waals surface area contributed by atoms with Gasteiger partial charge in [0.15, 0.2) is 5.65 Å². The standard InChI is InChI=1S/C39H48F3N5O9S/c1-25-8-9-27(32(37(3,4)36(49)52-5)29-12-15-47-33(26(29)2)44-45-35(47)39(40,41)42)22-28(25)23-46-24-38(13-20-54-21-14-38)56-34-30(57(46,50)51)10-11-31(43-34)55-19-7-18-53-17-6-16-48/h8-12,15,22,32,48H,6-7,13-14,16-21,23-24H2,1-5H3/t32-/m0/s1. The molecule has 0 radical (unpaired) electrons. The number of aliphatic hydroxyl groups is 1. The van der Waals surface area contributed by atoms with Gasteiger partial charge in [-0.25, -0.2) is 8.42 Å². The Morgan fingerprint density at radius 3 is 2.47 bits per heavy atom. The highest BCUT2D eigenvalue weighted by Crippen LogP contribution is 2.45. The van der Waals surface area contributed by atoms with Crippen molar-refractivity contribution < 1.29 is 55.2 Å². The lowest BCUT2D eigenvalue weighted by molar-refractivity contribution is -0.151. The normalized spacial score (nSPS) is 17.5. The molecule has 1 fully saturated rings. The molecule has 2 aliphatic rings. The summed E-state index contributed by atoms with van der Waals surface area (Å²) in [4.78, 5) is 17.8. The van der Waals surface area contributed by atoms with Crippen LogP contribution in [-0.2, 0) is 41.7 Å². The Kier molecular flexibility index (Phi) is 12.5. The molecule has 0 unspecified atom stereocenters. The topological polar surface area (TPSA) is 164 Å². The lowest BCUT2D eigenvalue weighted by Crippen LogP contribution is -2.50. The molecule has 18 heteroatoms. The highest BCUT2D eigenvalue weighted by atomic mass is 32.2. The largest absolute Gasteiger partial charge is 0.477 e. The fourth-order valence-corrected chi connectivity index (χ4v) is 9.04. The van der Waals surface area contributed by atoms with Gasteiger partial charge in [0.1, 0.15) is 10.5 Å². The van der Waals surface area contributed by atoms with Gasteiger partial charge in [0.05, 0.1) is 38.9 Å². The van der Waals surface area contributed by atoms with Crippen molar-refractivity contribution in [3.63, 3.8) is 0 Å². The molecule has 5 heterocycles. The Labute approximate surface area is 329 Å². The van der Waals surface area contributed by atoms with Gasteiger partial charge < -0.3 is 28.8 Å². The number of carbonyl (C=O) groups is 1. The molecule has 310 valence electrons. The summed E-state index contributed by atoms with van der Waals surface area (Å²) >= 11 is 0. The van der Waals surface area contributed by atoms with Crippen molar-refractivity contribution in [2.45, 2.75) is 82.5 Å². The van der Waals surface area contributed by atoms with Crippen molar-refractivity contribution in [3.8, 4) is 11.8 Å². The predicted molar refractivity (Wildman–Crippen MR) is 199 cm³/mol. The Morgan fingerprint density at radius 1 is 1.04 bits per heavy atom. The first kappa shape index (κ1) is 42.3. The Morgan fingerprint density at radius 2 is 1.77 bits per heavy atom. The van der Waals surface area contributed by atoms with Crippen molar-refractivity contribution in [2.75, 3.05) is 53.3 Å². The van der Waals surface area contributed by atoms with E-state index in [9.17, 15) is 26.4 Å². The summed E-state index contributed by atoms with van der Waals surface area (Å²) in [5.74, 6) is -2.35.